The molecule has 1 aliphatic heterocycles. The Hall–Kier alpha value is -1.44. The maximum atomic E-state index is 12.4. The minimum absolute atomic E-state index is 0.168. The average molecular weight is 368 g/mol. The Morgan fingerprint density at radius 1 is 1.28 bits per heavy atom. The molecule has 0 bridgehead atoms. The molecule has 1 aromatic carbocycles. The summed E-state index contributed by atoms with van der Waals surface area (Å²) in [7, 11) is -1.62. The van der Waals surface area contributed by atoms with Crippen LogP contribution >= 0.6 is 0 Å². The van der Waals surface area contributed by atoms with E-state index in [1.165, 1.54) is 0 Å². The lowest BCUT2D eigenvalue weighted by Crippen LogP contribution is -2.43. The monoisotopic (exact) mass is 367 g/mol. The number of likely N-dealkylation sites (tertiary alicyclic amines) is 1. The number of hydrogen-bond donors (Lipinski definition) is 2. The highest BCUT2D eigenvalue weighted by atomic mass is 32.2. The third kappa shape index (κ3) is 6.09. The van der Waals surface area contributed by atoms with Crippen molar-refractivity contribution in [1.29, 1.82) is 0 Å². The van der Waals surface area contributed by atoms with Crippen LogP contribution in [0.4, 0.5) is 0 Å². The third-order valence-electron chi connectivity index (χ3n) is 4.58. The Bertz CT molecular complexity index is 659. The zero-order valence-electron chi connectivity index (χ0n) is 15.1. The van der Waals surface area contributed by atoms with Gasteiger partial charge in [-0.05, 0) is 57.8 Å². The summed E-state index contributed by atoms with van der Waals surface area (Å²) in [6.07, 6.45) is 3.24. The van der Waals surface area contributed by atoms with Gasteiger partial charge in [-0.15, -0.1) is 0 Å². The first kappa shape index (κ1) is 19.9. The highest BCUT2D eigenvalue weighted by Crippen LogP contribution is 2.18. The first-order valence-electron chi connectivity index (χ1n) is 8.91. The number of nitrogens with zero attached hydrogens (tertiary/aromatic N) is 1. The van der Waals surface area contributed by atoms with E-state index in [-0.39, 0.29) is 16.7 Å². The summed E-state index contributed by atoms with van der Waals surface area (Å²) in [5, 5.41) is 3.04. The quantitative estimate of drug-likeness (QED) is 0.683. The van der Waals surface area contributed by atoms with Crippen LogP contribution in [0.1, 0.15) is 31.2 Å². The molecule has 0 saturated carbocycles. The van der Waals surface area contributed by atoms with Crippen molar-refractivity contribution in [3.05, 3.63) is 29.8 Å². The molecule has 1 aromatic rings. The fourth-order valence-electron chi connectivity index (χ4n) is 3.06. The number of hydrogen-bond acceptors (Lipinski definition) is 4. The van der Waals surface area contributed by atoms with E-state index < -0.39 is 10.0 Å². The molecule has 1 atom stereocenters. The number of carbonyl (C=O) groups is 1. The molecule has 1 heterocycles. The molecule has 1 unspecified atom stereocenters. The first-order chi connectivity index (χ1) is 11.9. The zero-order valence-corrected chi connectivity index (χ0v) is 15.9. The van der Waals surface area contributed by atoms with Crippen molar-refractivity contribution in [2.75, 3.05) is 33.2 Å². The number of amides is 1. The lowest BCUT2D eigenvalue weighted by molar-refractivity contribution is -0.133. The molecule has 0 spiro atoms. The second kappa shape index (κ2) is 9.31. The van der Waals surface area contributed by atoms with Crippen molar-refractivity contribution in [3.8, 4) is 0 Å². The summed E-state index contributed by atoms with van der Waals surface area (Å²) in [4.78, 5) is 14.4. The van der Waals surface area contributed by atoms with E-state index in [9.17, 15) is 13.2 Å². The van der Waals surface area contributed by atoms with Crippen molar-refractivity contribution in [2.24, 2.45) is 5.92 Å². The molecule has 1 fully saturated rings. The summed E-state index contributed by atoms with van der Waals surface area (Å²) in [5.41, 5.74) is 1.03. The topological polar surface area (TPSA) is 78.5 Å². The average Bonchev–Trinajstić information content (AvgIpc) is 2.61. The second-order valence-corrected chi connectivity index (χ2v) is 8.49. The number of piperidine rings is 1. The van der Waals surface area contributed by atoms with Gasteiger partial charge in [0.25, 0.3) is 0 Å². The number of benzene rings is 1. The van der Waals surface area contributed by atoms with Crippen molar-refractivity contribution < 1.29 is 13.2 Å². The highest BCUT2D eigenvalue weighted by molar-refractivity contribution is 7.89. The molecule has 2 N–H and O–H groups in total. The van der Waals surface area contributed by atoms with Crippen LogP contribution < -0.4 is 10.0 Å². The molecular weight excluding hydrogens is 338 g/mol. The molecule has 25 heavy (non-hydrogen) atoms. The van der Waals surface area contributed by atoms with E-state index in [4.69, 9.17) is 0 Å². The van der Waals surface area contributed by atoms with Gasteiger partial charge in [0.05, 0.1) is 4.90 Å². The van der Waals surface area contributed by atoms with E-state index in [0.717, 1.165) is 37.9 Å². The molecular formula is C18H29N3O3S. The predicted octanol–water partition coefficient (Wildman–Crippen LogP) is 1.51. The Labute approximate surface area is 151 Å². The van der Waals surface area contributed by atoms with Crippen LogP contribution in [-0.4, -0.2) is 52.5 Å². The van der Waals surface area contributed by atoms with Crippen molar-refractivity contribution in [1.82, 2.24) is 14.9 Å². The second-order valence-electron chi connectivity index (χ2n) is 6.72. The summed E-state index contributed by atoms with van der Waals surface area (Å²) in [6, 6.07) is 6.83. The fraction of sp³-hybridized carbons (Fsp3) is 0.611. The Morgan fingerprint density at radius 3 is 2.68 bits per heavy atom. The summed E-state index contributed by atoms with van der Waals surface area (Å²) in [6.45, 7) is 4.54. The number of rotatable bonds is 8. The molecule has 7 heteroatoms. The largest absolute Gasteiger partial charge is 0.342 e. The molecule has 0 aromatic heterocycles. The molecule has 1 aliphatic rings. The van der Waals surface area contributed by atoms with Gasteiger partial charge < -0.3 is 10.2 Å². The molecule has 1 saturated heterocycles. The van der Waals surface area contributed by atoms with E-state index in [1.54, 1.807) is 24.3 Å². The number of nitrogens with one attached hydrogen (secondary N) is 2. The Balaban J connectivity index is 1.85. The van der Waals surface area contributed by atoms with Crippen LogP contribution in [0.2, 0.25) is 0 Å². The maximum absolute atomic E-state index is 12.4. The van der Waals surface area contributed by atoms with Gasteiger partial charge >= 0.3 is 0 Å². The van der Waals surface area contributed by atoms with Crippen molar-refractivity contribution in [2.45, 2.75) is 37.5 Å². The number of sulfonamides is 1. The standard InChI is InChI=1S/C18H29N3O3S/c1-15-7-9-17(10-8-15)25(23,24)20-13-16-5-4-12-21(14-16)18(22)6-3-11-19-2/h7-10,16,19-20H,3-6,11-14H2,1-2H3. The molecule has 0 radical (unpaired) electrons. The lowest BCUT2D eigenvalue weighted by Gasteiger charge is -2.33. The van der Waals surface area contributed by atoms with Gasteiger partial charge in [-0.25, -0.2) is 13.1 Å². The molecule has 2 rings (SSSR count). The lowest BCUT2D eigenvalue weighted by atomic mass is 9.98. The first-order valence-corrected chi connectivity index (χ1v) is 10.4. The predicted molar refractivity (Wildman–Crippen MR) is 98.8 cm³/mol. The van der Waals surface area contributed by atoms with Crippen LogP contribution in [0, 0.1) is 12.8 Å². The summed E-state index contributed by atoms with van der Waals surface area (Å²) < 4.78 is 27.5. The molecule has 6 nitrogen and oxygen atoms in total. The van der Waals surface area contributed by atoms with Crippen molar-refractivity contribution >= 4 is 15.9 Å². The van der Waals surface area contributed by atoms with Crippen LogP contribution in [0.25, 0.3) is 0 Å². The molecule has 140 valence electrons. The van der Waals surface area contributed by atoms with Gasteiger partial charge in [-0.1, -0.05) is 17.7 Å². The Morgan fingerprint density at radius 2 is 2.00 bits per heavy atom. The van der Waals surface area contributed by atoms with E-state index in [1.807, 2.05) is 18.9 Å². The van der Waals surface area contributed by atoms with Crippen molar-refractivity contribution in [3.63, 3.8) is 0 Å². The SMILES string of the molecule is CNCCCC(=O)N1CCCC(CNS(=O)(=O)c2ccc(C)cc2)C1. The van der Waals surface area contributed by atoms with Gasteiger partial charge in [0, 0.05) is 26.1 Å². The van der Waals surface area contributed by atoms with Gasteiger partial charge in [0.15, 0.2) is 0 Å². The van der Waals surface area contributed by atoms with Gasteiger partial charge in [-0.3, -0.25) is 4.79 Å². The number of carbonyl (C=O) groups excluding carboxylic acids is 1. The van der Waals surface area contributed by atoms with Crippen LogP contribution in [0.3, 0.4) is 0 Å². The summed E-state index contributed by atoms with van der Waals surface area (Å²) >= 11 is 0. The van der Waals surface area contributed by atoms with Crippen LogP contribution in [-0.2, 0) is 14.8 Å². The van der Waals surface area contributed by atoms with Gasteiger partial charge in [0.2, 0.25) is 15.9 Å². The maximum Gasteiger partial charge on any atom is 0.240 e. The third-order valence-corrected chi connectivity index (χ3v) is 6.02. The Kier molecular flexibility index (Phi) is 7.40. The summed E-state index contributed by atoms with van der Waals surface area (Å²) in [5.74, 6) is 0.337. The van der Waals surface area contributed by atoms with E-state index in [2.05, 4.69) is 10.0 Å². The smallest absolute Gasteiger partial charge is 0.240 e. The fourth-order valence-corrected chi connectivity index (χ4v) is 4.18. The minimum atomic E-state index is -3.49. The van der Waals surface area contributed by atoms with E-state index >= 15 is 0 Å². The highest BCUT2D eigenvalue weighted by Gasteiger charge is 2.25. The molecule has 1 amide bonds. The van der Waals surface area contributed by atoms with Crippen LogP contribution in [0.5, 0.6) is 0 Å². The van der Waals surface area contributed by atoms with Gasteiger partial charge in [0.1, 0.15) is 0 Å². The van der Waals surface area contributed by atoms with Crippen LogP contribution in [0.15, 0.2) is 29.2 Å². The molecule has 0 aliphatic carbocycles. The zero-order chi connectivity index (χ0) is 18.3. The van der Waals surface area contributed by atoms with E-state index in [0.29, 0.717) is 19.5 Å². The van der Waals surface area contributed by atoms with Gasteiger partial charge in [-0.2, -0.15) is 0 Å². The minimum Gasteiger partial charge on any atom is -0.342 e. The normalized spacial score (nSPS) is 18.3. The number of aryl methyl sites for hydroxylation is 1.